The number of hydrazone groups is 1. The Balaban J connectivity index is 1.80. The highest BCUT2D eigenvalue weighted by molar-refractivity contribution is 14.1. The third-order valence-electron chi connectivity index (χ3n) is 4.30. The Hall–Kier alpha value is -2.39. The second-order valence-corrected chi connectivity index (χ2v) is 7.99. The number of hydrogen-bond donors (Lipinski definition) is 2. The van der Waals surface area contributed by atoms with Crippen molar-refractivity contribution in [1.29, 1.82) is 0 Å². The molecule has 0 radical (unpaired) electrons. The minimum atomic E-state index is 0.462. The number of halogens is 1. The van der Waals surface area contributed by atoms with E-state index in [4.69, 9.17) is 21.7 Å². The van der Waals surface area contributed by atoms with E-state index in [1.165, 1.54) is 10.8 Å². The largest absolute Gasteiger partial charge is 0.490 e. The highest BCUT2D eigenvalue weighted by Gasteiger charge is 2.13. The topological polar surface area (TPSA) is 54.9 Å². The molecular weight excluding hydrogens is 509 g/mol. The summed E-state index contributed by atoms with van der Waals surface area (Å²) in [6.45, 7) is 5.69. The molecule has 0 aliphatic carbocycles. The second-order valence-electron chi connectivity index (χ2n) is 6.42. The molecule has 7 heteroatoms. The highest BCUT2D eigenvalue weighted by atomic mass is 127. The highest BCUT2D eigenvalue weighted by Crippen LogP contribution is 2.35. The Morgan fingerprint density at radius 3 is 2.70 bits per heavy atom. The monoisotopic (exact) mass is 533 g/mol. The summed E-state index contributed by atoms with van der Waals surface area (Å²) in [5.41, 5.74) is 4.83. The maximum Gasteiger partial charge on any atom is 0.186 e. The summed E-state index contributed by atoms with van der Waals surface area (Å²) in [7, 11) is 0. The van der Waals surface area contributed by atoms with Crippen LogP contribution < -0.4 is 20.2 Å². The van der Waals surface area contributed by atoms with Gasteiger partial charge in [0.05, 0.1) is 16.4 Å². The van der Waals surface area contributed by atoms with Crippen LogP contribution in [0.4, 0.5) is 0 Å². The van der Waals surface area contributed by atoms with Crippen molar-refractivity contribution >= 4 is 56.9 Å². The van der Waals surface area contributed by atoms with Crippen LogP contribution in [0.2, 0.25) is 0 Å². The van der Waals surface area contributed by atoms with Gasteiger partial charge in [0.2, 0.25) is 0 Å². The summed E-state index contributed by atoms with van der Waals surface area (Å²) in [6.07, 6.45) is 1.71. The molecule has 0 saturated carbocycles. The van der Waals surface area contributed by atoms with Crippen molar-refractivity contribution in [3.8, 4) is 11.5 Å². The van der Waals surface area contributed by atoms with Crippen LogP contribution in [0.15, 0.2) is 59.7 Å². The first-order valence-electron chi connectivity index (χ1n) is 9.75. The number of hydrogen-bond acceptors (Lipinski definition) is 4. The number of benzene rings is 3. The third kappa shape index (κ3) is 5.82. The molecule has 0 heterocycles. The van der Waals surface area contributed by atoms with E-state index >= 15 is 0 Å². The van der Waals surface area contributed by atoms with Gasteiger partial charge in [-0.05, 0) is 82.7 Å². The Kier molecular flexibility index (Phi) is 8.27. The van der Waals surface area contributed by atoms with Gasteiger partial charge in [-0.1, -0.05) is 42.5 Å². The Bertz CT molecular complexity index is 1050. The van der Waals surface area contributed by atoms with E-state index < -0.39 is 0 Å². The van der Waals surface area contributed by atoms with Crippen molar-refractivity contribution in [3.63, 3.8) is 0 Å². The third-order valence-corrected chi connectivity index (χ3v) is 5.34. The van der Waals surface area contributed by atoms with Crippen molar-refractivity contribution in [2.75, 3.05) is 13.2 Å². The molecule has 0 fully saturated rings. The van der Waals surface area contributed by atoms with Crippen LogP contribution in [0.1, 0.15) is 25.0 Å². The average molecular weight is 533 g/mol. The second kappa shape index (κ2) is 11.1. The molecule has 156 valence electrons. The first kappa shape index (κ1) is 22.3. The van der Waals surface area contributed by atoms with Crippen LogP contribution in [0.3, 0.4) is 0 Å². The maximum atomic E-state index is 6.22. The lowest BCUT2D eigenvalue weighted by atomic mass is 10.1. The SMILES string of the molecule is CCNC(=S)N/N=C\c1cc(I)c(OCc2cccc3ccccc23)c(OCC)c1. The van der Waals surface area contributed by atoms with Crippen molar-refractivity contribution in [1.82, 2.24) is 10.7 Å². The zero-order chi connectivity index (χ0) is 21.3. The summed E-state index contributed by atoms with van der Waals surface area (Å²) < 4.78 is 13.0. The van der Waals surface area contributed by atoms with Gasteiger partial charge in [0.1, 0.15) is 6.61 Å². The summed E-state index contributed by atoms with van der Waals surface area (Å²) >= 11 is 7.38. The summed E-state index contributed by atoms with van der Waals surface area (Å²) in [5.74, 6) is 1.43. The number of nitrogens with one attached hydrogen (secondary N) is 2. The molecule has 0 atom stereocenters. The molecule has 3 aromatic rings. The molecule has 0 aliphatic rings. The Labute approximate surface area is 196 Å². The lowest BCUT2D eigenvalue weighted by Crippen LogP contribution is -2.31. The molecular formula is C23H24IN3O2S. The van der Waals surface area contributed by atoms with Crippen molar-refractivity contribution in [2.24, 2.45) is 5.10 Å². The number of ether oxygens (including phenoxy) is 2. The zero-order valence-electron chi connectivity index (χ0n) is 16.9. The van der Waals surface area contributed by atoms with Crippen LogP contribution in [-0.2, 0) is 6.61 Å². The Morgan fingerprint density at radius 1 is 1.10 bits per heavy atom. The van der Waals surface area contributed by atoms with Crippen LogP contribution in [0.5, 0.6) is 11.5 Å². The molecule has 2 N–H and O–H groups in total. The number of fused-ring (bicyclic) bond motifs is 1. The summed E-state index contributed by atoms with van der Waals surface area (Å²) in [6, 6.07) is 18.5. The van der Waals surface area contributed by atoms with E-state index in [-0.39, 0.29) is 0 Å². The molecule has 0 spiro atoms. The molecule has 30 heavy (non-hydrogen) atoms. The van der Waals surface area contributed by atoms with Crippen LogP contribution in [0, 0.1) is 3.57 Å². The smallest absolute Gasteiger partial charge is 0.186 e. The van der Waals surface area contributed by atoms with E-state index in [0.29, 0.717) is 24.1 Å². The van der Waals surface area contributed by atoms with E-state index in [2.05, 4.69) is 68.8 Å². The zero-order valence-corrected chi connectivity index (χ0v) is 19.9. The fourth-order valence-corrected chi connectivity index (χ4v) is 3.98. The molecule has 3 aromatic carbocycles. The Morgan fingerprint density at radius 2 is 1.90 bits per heavy atom. The van der Waals surface area contributed by atoms with Crippen molar-refractivity contribution in [3.05, 3.63) is 69.3 Å². The molecule has 3 rings (SSSR count). The van der Waals surface area contributed by atoms with Gasteiger partial charge >= 0.3 is 0 Å². The van der Waals surface area contributed by atoms with Crippen molar-refractivity contribution < 1.29 is 9.47 Å². The fourth-order valence-electron chi connectivity index (χ4n) is 3.00. The van der Waals surface area contributed by atoms with Crippen LogP contribution in [-0.4, -0.2) is 24.5 Å². The molecule has 0 saturated heterocycles. The van der Waals surface area contributed by atoms with Crippen LogP contribution >= 0.6 is 34.8 Å². The van der Waals surface area contributed by atoms with Gasteiger partial charge in [-0.15, -0.1) is 0 Å². The summed E-state index contributed by atoms with van der Waals surface area (Å²) in [5, 5.41) is 10.1. The van der Waals surface area contributed by atoms with Gasteiger partial charge < -0.3 is 14.8 Å². The fraction of sp³-hybridized carbons (Fsp3) is 0.217. The predicted octanol–water partition coefficient (Wildman–Crippen LogP) is 5.24. The first-order chi connectivity index (χ1) is 14.6. The molecule has 0 amide bonds. The molecule has 5 nitrogen and oxygen atoms in total. The molecule has 0 aromatic heterocycles. The maximum absolute atomic E-state index is 6.22. The number of rotatable bonds is 8. The molecule has 0 unspecified atom stereocenters. The number of nitrogens with zero attached hydrogens (tertiary/aromatic N) is 1. The standard InChI is InChI=1S/C23H24IN3O2S/c1-3-25-23(30)27-26-14-16-12-20(24)22(21(13-16)28-4-2)29-15-18-10-7-9-17-8-5-6-11-19(17)18/h5-14H,3-4,15H2,1-2H3,(H2,25,27,30)/b26-14-. The average Bonchev–Trinajstić information content (AvgIpc) is 2.73. The van der Waals surface area contributed by atoms with Gasteiger partial charge in [0, 0.05) is 6.54 Å². The lowest BCUT2D eigenvalue weighted by Gasteiger charge is -2.15. The van der Waals surface area contributed by atoms with E-state index in [1.807, 2.05) is 38.1 Å². The summed E-state index contributed by atoms with van der Waals surface area (Å²) in [4.78, 5) is 0. The van der Waals surface area contributed by atoms with E-state index in [9.17, 15) is 0 Å². The van der Waals surface area contributed by atoms with Gasteiger partial charge in [0.15, 0.2) is 16.6 Å². The lowest BCUT2D eigenvalue weighted by molar-refractivity contribution is 0.268. The first-order valence-corrected chi connectivity index (χ1v) is 11.2. The van der Waals surface area contributed by atoms with Gasteiger partial charge in [-0.3, -0.25) is 5.43 Å². The van der Waals surface area contributed by atoms with Gasteiger partial charge in [-0.25, -0.2) is 0 Å². The minimum Gasteiger partial charge on any atom is -0.490 e. The van der Waals surface area contributed by atoms with Gasteiger partial charge in [-0.2, -0.15) is 5.10 Å². The van der Waals surface area contributed by atoms with Crippen molar-refractivity contribution in [2.45, 2.75) is 20.5 Å². The van der Waals surface area contributed by atoms with Crippen LogP contribution in [0.25, 0.3) is 10.8 Å². The van der Waals surface area contributed by atoms with E-state index in [1.54, 1.807) is 6.21 Å². The predicted molar refractivity (Wildman–Crippen MR) is 136 cm³/mol. The van der Waals surface area contributed by atoms with Gasteiger partial charge in [0.25, 0.3) is 0 Å². The minimum absolute atomic E-state index is 0.462. The van der Waals surface area contributed by atoms with E-state index in [0.717, 1.165) is 27.0 Å². The normalized spacial score (nSPS) is 10.9. The quantitative estimate of drug-likeness (QED) is 0.180. The molecule has 0 aliphatic heterocycles. The molecule has 0 bridgehead atoms. The number of thiocarbonyl (C=S) groups is 1.